The van der Waals surface area contributed by atoms with Gasteiger partial charge in [-0.2, -0.15) is 0 Å². The SMILES string of the molecule is CCNc1nnc(COc2cccc3ccccc23)s1. The molecule has 0 aliphatic carbocycles. The highest BCUT2D eigenvalue weighted by Gasteiger charge is 2.06. The molecule has 0 amide bonds. The van der Waals surface area contributed by atoms with Crippen molar-refractivity contribution in [3.63, 3.8) is 0 Å². The summed E-state index contributed by atoms with van der Waals surface area (Å²) in [6.07, 6.45) is 0. The third kappa shape index (κ3) is 2.72. The first-order valence-electron chi connectivity index (χ1n) is 6.53. The summed E-state index contributed by atoms with van der Waals surface area (Å²) < 4.78 is 5.88. The van der Waals surface area contributed by atoms with Crippen molar-refractivity contribution in [3.8, 4) is 5.75 Å². The molecule has 0 saturated carbocycles. The number of fused-ring (bicyclic) bond motifs is 1. The van der Waals surface area contributed by atoms with Crippen LogP contribution in [0.25, 0.3) is 10.8 Å². The van der Waals surface area contributed by atoms with Crippen LogP contribution in [-0.2, 0) is 6.61 Å². The molecule has 4 nitrogen and oxygen atoms in total. The fourth-order valence-electron chi connectivity index (χ4n) is 2.00. The molecule has 0 radical (unpaired) electrons. The molecular formula is C15H15N3OS. The van der Waals surface area contributed by atoms with Gasteiger partial charge in [-0.25, -0.2) is 0 Å². The maximum absolute atomic E-state index is 5.88. The van der Waals surface area contributed by atoms with Crippen molar-refractivity contribution in [3.05, 3.63) is 47.5 Å². The van der Waals surface area contributed by atoms with Crippen LogP contribution in [0.3, 0.4) is 0 Å². The number of hydrogen-bond donors (Lipinski definition) is 1. The van der Waals surface area contributed by atoms with Crippen LogP contribution in [0.1, 0.15) is 11.9 Å². The van der Waals surface area contributed by atoms with Gasteiger partial charge >= 0.3 is 0 Å². The third-order valence-corrected chi connectivity index (χ3v) is 3.75. The van der Waals surface area contributed by atoms with Gasteiger partial charge in [-0.15, -0.1) is 10.2 Å². The highest BCUT2D eigenvalue weighted by molar-refractivity contribution is 7.15. The lowest BCUT2D eigenvalue weighted by molar-refractivity contribution is 0.308. The van der Waals surface area contributed by atoms with Gasteiger partial charge in [0.05, 0.1) is 0 Å². The van der Waals surface area contributed by atoms with Crippen LogP contribution in [0.5, 0.6) is 5.75 Å². The van der Waals surface area contributed by atoms with E-state index in [0.29, 0.717) is 6.61 Å². The Balaban J connectivity index is 1.76. The summed E-state index contributed by atoms with van der Waals surface area (Å²) in [7, 11) is 0. The normalized spacial score (nSPS) is 10.7. The average molecular weight is 285 g/mol. The lowest BCUT2D eigenvalue weighted by Crippen LogP contribution is -1.95. The Labute approximate surface area is 121 Å². The first-order valence-corrected chi connectivity index (χ1v) is 7.35. The second kappa shape index (κ2) is 5.88. The second-order valence-electron chi connectivity index (χ2n) is 4.30. The van der Waals surface area contributed by atoms with Gasteiger partial charge in [0.15, 0.2) is 5.01 Å². The van der Waals surface area contributed by atoms with Gasteiger partial charge in [0.1, 0.15) is 12.4 Å². The van der Waals surface area contributed by atoms with Crippen LogP contribution in [0, 0.1) is 0 Å². The number of benzene rings is 2. The third-order valence-electron chi connectivity index (χ3n) is 2.90. The summed E-state index contributed by atoms with van der Waals surface area (Å²) in [5.74, 6) is 0.878. The first-order chi connectivity index (χ1) is 9.86. The molecule has 0 aliphatic heterocycles. The molecular weight excluding hydrogens is 270 g/mol. The maximum Gasteiger partial charge on any atom is 0.205 e. The molecule has 5 heteroatoms. The van der Waals surface area contributed by atoms with Gasteiger partial charge in [0, 0.05) is 11.9 Å². The summed E-state index contributed by atoms with van der Waals surface area (Å²) in [6.45, 7) is 3.32. The average Bonchev–Trinajstić information content (AvgIpc) is 2.93. The minimum atomic E-state index is 0.442. The van der Waals surface area contributed by atoms with Crippen LogP contribution in [-0.4, -0.2) is 16.7 Å². The zero-order chi connectivity index (χ0) is 13.8. The van der Waals surface area contributed by atoms with E-state index in [1.54, 1.807) is 0 Å². The Kier molecular flexibility index (Phi) is 3.78. The fourth-order valence-corrected chi connectivity index (χ4v) is 2.72. The van der Waals surface area contributed by atoms with Crippen LogP contribution < -0.4 is 10.1 Å². The number of hydrogen-bond acceptors (Lipinski definition) is 5. The monoisotopic (exact) mass is 285 g/mol. The van der Waals surface area contributed by atoms with Crippen LogP contribution in [0.2, 0.25) is 0 Å². The Morgan fingerprint density at radius 2 is 1.95 bits per heavy atom. The van der Waals surface area contributed by atoms with E-state index in [0.717, 1.165) is 27.8 Å². The van der Waals surface area contributed by atoms with E-state index in [1.807, 2.05) is 31.2 Å². The Morgan fingerprint density at radius 1 is 1.10 bits per heavy atom. The van der Waals surface area contributed by atoms with E-state index in [9.17, 15) is 0 Å². The maximum atomic E-state index is 5.88. The van der Waals surface area contributed by atoms with E-state index >= 15 is 0 Å². The molecule has 0 aliphatic rings. The summed E-state index contributed by atoms with van der Waals surface area (Å²) >= 11 is 1.52. The number of ether oxygens (including phenoxy) is 1. The Bertz CT molecular complexity index is 706. The van der Waals surface area contributed by atoms with Crippen LogP contribution in [0.15, 0.2) is 42.5 Å². The Hall–Kier alpha value is -2.14. The number of aromatic nitrogens is 2. The molecule has 0 saturated heterocycles. The van der Waals surface area contributed by atoms with Crippen LogP contribution in [0.4, 0.5) is 5.13 Å². The van der Waals surface area contributed by atoms with Gasteiger partial charge < -0.3 is 10.1 Å². The Morgan fingerprint density at radius 3 is 2.85 bits per heavy atom. The predicted molar refractivity (Wildman–Crippen MR) is 82.4 cm³/mol. The van der Waals surface area contributed by atoms with E-state index in [1.165, 1.54) is 16.7 Å². The quantitative estimate of drug-likeness (QED) is 0.776. The molecule has 0 atom stereocenters. The second-order valence-corrected chi connectivity index (χ2v) is 5.36. The highest BCUT2D eigenvalue weighted by Crippen LogP contribution is 2.26. The molecule has 0 fully saturated rings. The van der Waals surface area contributed by atoms with E-state index in [-0.39, 0.29) is 0 Å². The summed E-state index contributed by atoms with van der Waals surface area (Å²) in [5, 5.41) is 15.3. The number of rotatable bonds is 5. The van der Waals surface area contributed by atoms with Gasteiger partial charge in [-0.3, -0.25) is 0 Å². The predicted octanol–water partition coefficient (Wildman–Crippen LogP) is 3.70. The smallest absolute Gasteiger partial charge is 0.205 e. The topological polar surface area (TPSA) is 47.0 Å². The minimum Gasteiger partial charge on any atom is -0.486 e. The molecule has 0 spiro atoms. The van der Waals surface area contributed by atoms with E-state index < -0.39 is 0 Å². The lowest BCUT2D eigenvalue weighted by Gasteiger charge is -2.07. The van der Waals surface area contributed by atoms with Crippen molar-refractivity contribution < 1.29 is 4.74 Å². The van der Waals surface area contributed by atoms with Crippen molar-refractivity contribution in [2.45, 2.75) is 13.5 Å². The molecule has 3 aromatic rings. The van der Waals surface area contributed by atoms with Crippen molar-refractivity contribution in [1.29, 1.82) is 0 Å². The lowest BCUT2D eigenvalue weighted by atomic mass is 10.1. The molecule has 0 unspecified atom stereocenters. The molecule has 2 aromatic carbocycles. The fraction of sp³-hybridized carbons (Fsp3) is 0.200. The molecule has 1 heterocycles. The van der Waals surface area contributed by atoms with Crippen molar-refractivity contribution in [2.75, 3.05) is 11.9 Å². The molecule has 3 rings (SSSR count). The number of nitrogens with one attached hydrogen (secondary N) is 1. The van der Waals surface area contributed by atoms with Gasteiger partial charge in [-0.1, -0.05) is 47.7 Å². The highest BCUT2D eigenvalue weighted by atomic mass is 32.1. The van der Waals surface area contributed by atoms with Gasteiger partial charge in [-0.05, 0) is 18.4 Å². The standard InChI is InChI=1S/C15H15N3OS/c1-2-16-15-18-17-14(20-15)10-19-13-9-5-7-11-6-3-4-8-12(11)13/h3-9H,2,10H2,1H3,(H,16,18). The minimum absolute atomic E-state index is 0.442. The number of nitrogens with zero attached hydrogens (tertiary/aromatic N) is 2. The van der Waals surface area contributed by atoms with Gasteiger partial charge in [0.2, 0.25) is 5.13 Å². The summed E-state index contributed by atoms with van der Waals surface area (Å²) in [4.78, 5) is 0. The van der Waals surface area contributed by atoms with Gasteiger partial charge in [0.25, 0.3) is 0 Å². The van der Waals surface area contributed by atoms with Crippen molar-refractivity contribution >= 4 is 27.2 Å². The zero-order valence-electron chi connectivity index (χ0n) is 11.2. The zero-order valence-corrected chi connectivity index (χ0v) is 12.0. The van der Waals surface area contributed by atoms with Crippen molar-refractivity contribution in [2.24, 2.45) is 0 Å². The molecule has 1 aromatic heterocycles. The molecule has 1 N–H and O–H groups in total. The molecule has 102 valence electrons. The van der Waals surface area contributed by atoms with E-state index in [2.05, 4.69) is 33.7 Å². The number of anilines is 1. The molecule has 20 heavy (non-hydrogen) atoms. The van der Waals surface area contributed by atoms with E-state index in [4.69, 9.17) is 4.74 Å². The molecule has 0 bridgehead atoms. The summed E-state index contributed by atoms with van der Waals surface area (Å²) in [6, 6.07) is 14.3. The van der Waals surface area contributed by atoms with Crippen LogP contribution >= 0.6 is 11.3 Å². The largest absolute Gasteiger partial charge is 0.486 e. The first kappa shape index (κ1) is 12.9. The summed E-state index contributed by atoms with van der Waals surface area (Å²) in [5.41, 5.74) is 0. The van der Waals surface area contributed by atoms with Crippen molar-refractivity contribution in [1.82, 2.24) is 10.2 Å².